The number of hydrogen-bond acceptors (Lipinski definition) is 2. The van der Waals surface area contributed by atoms with Gasteiger partial charge in [0.1, 0.15) is 0 Å². The van der Waals surface area contributed by atoms with Crippen LogP contribution in [0.3, 0.4) is 0 Å². The Bertz CT molecular complexity index is 694. The zero-order chi connectivity index (χ0) is 15.6. The number of carbonyl (C=O) groups excluding carboxylic acids is 1. The summed E-state index contributed by atoms with van der Waals surface area (Å²) in [6.07, 6.45) is 1.86. The maximum atomic E-state index is 12.9. The lowest BCUT2D eigenvalue weighted by Gasteiger charge is -2.41. The molecule has 1 amide bonds. The number of nitrogens with one attached hydrogen (secondary N) is 1. The van der Waals surface area contributed by atoms with Gasteiger partial charge in [0, 0.05) is 19.6 Å². The normalized spacial score (nSPS) is 20.7. The van der Waals surface area contributed by atoms with E-state index in [1.807, 2.05) is 6.07 Å². The first-order valence-electron chi connectivity index (χ1n) is 8.46. The highest BCUT2D eigenvalue weighted by atomic mass is 16.2. The molecule has 0 radical (unpaired) electrons. The minimum atomic E-state index is 0.162. The maximum absolute atomic E-state index is 12.9. The Morgan fingerprint density at radius 1 is 1.04 bits per heavy atom. The highest BCUT2D eigenvalue weighted by molar-refractivity contribution is 5.81. The number of rotatable bonds is 3. The summed E-state index contributed by atoms with van der Waals surface area (Å²) < 4.78 is 0. The molecule has 2 aliphatic heterocycles. The van der Waals surface area contributed by atoms with Gasteiger partial charge >= 0.3 is 0 Å². The van der Waals surface area contributed by atoms with Crippen LogP contribution >= 0.6 is 0 Å². The zero-order valence-electron chi connectivity index (χ0n) is 13.2. The van der Waals surface area contributed by atoms with Crippen LogP contribution in [0.15, 0.2) is 54.6 Å². The third kappa shape index (κ3) is 2.77. The topological polar surface area (TPSA) is 32.3 Å². The van der Waals surface area contributed by atoms with Crippen LogP contribution in [-0.4, -0.2) is 30.4 Å². The molecule has 2 aromatic carbocycles. The van der Waals surface area contributed by atoms with Gasteiger partial charge in [-0.25, -0.2) is 0 Å². The molecule has 0 aliphatic carbocycles. The quantitative estimate of drug-likeness (QED) is 0.945. The van der Waals surface area contributed by atoms with Crippen LogP contribution in [0.4, 0.5) is 0 Å². The fourth-order valence-corrected chi connectivity index (χ4v) is 3.67. The van der Waals surface area contributed by atoms with Gasteiger partial charge in [-0.15, -0.1) is 0 Å². The van der Waals surface area contributed by atoms with Crippen LogP contribution in [0.1, 0.15) is 22.7 Å². The highest BCUT2D eigenvalue weighted by Crippen LogP contribution is 2.33. The van der Waals surface area contributed by atoms with Gasteiger partial charge in [0.15, 0.2) is 0 Å². The van der Waals surface area contributed by atoms with Gasteiger partial charge in [0.05, 0.1) is 12.0 Å². The molecule has 3 heteroatoms. The predicted octanol–water partition coefficient (Wildman–Crippen LogP) is 2.57. The zero-order valence-corrected chi connectivity index (χ0v) is 13.2. The summed E-state index contributed by atoms with van der Waals surface area (Å²) in [4.78, 5) is 15.0. The van der Waals surface area contributed by atoms with E-state index in [0.717, 1.165) is 32.5 Å². The van der Waals surface area contributed by atoms with Gasteiger partial charge in [-0.3, -0.25) is 4.79 Å². The summed E-state index contributed by atoms with van der Waals surface area (Å²) in [5.41, 5.74) is 4.01. The lowest BCUT2D eigenvalue weighted by molar-refractivity contribution is -0.140. The van der Waals surface area contributed by atoms with Crippen molar-refractivity contribution in [1.29, 1.82) is 0 Å². The SMILES string of the molecule is O=C(C1CNC1)N1CCc2ccccc2C1Cc1ccccc1. The standard InChI is InChI=1S/C20H22N2O/c23-20(17-13-21-14-17)22-11-10-16-8-4-5-9-18(16)19(22)12-15-6-2-1-3-7-15/h1-9,17,19,21H,10-14H2. The Balaban J connectivity index is 1.66. The van der Waals surface area contributed by atoms with Crippen LogP contribution < -0.4 is 5.32 Å². The van der Waals surface area contributed by atoms with Crippen LogP contribution in [0, 0.1) is 5.92 Å². The molecule has 3 nitrogen and oxygen atoms in total. The summed E-state index contributed by atoms with van der Waals surface area (Å²) in [6, 6.07) is 19.3. The van der Waals surface area contributed by atoms with E-state index in [1.54, 1.807) is 0 Å². The van der Waals surface area contributed by atoms with Crippen molar-refractivity contribution in [2.24, 2.45) is 5.92 Å². The number of nitrogens with zero attached hydrogens (tertiary/aromatic N) is 1. The highest BCUT2D eigenvalue weighted by Gasteiger charge is 2.36. The maximum Gasteiger partial charge on any atom is 0.228 e. The minimum absolute atomic E-state index is 0.162. The number of benzene rings is 2. The van der Waals surface area contributed by atoms with Crippen LogP contribution in [0.2, 0.25) is 0 Å². The molecule has 1 unspecified atom stereocenters. The number of carbonyl (C=O) groups is 1. The first-order chi connectivity index (χ1) is 11.3. The Morgan fingerprint density at radius 3 is 2.52 bits per heavy atom. The molecule has 0 bridgehead atoms. The molecule has 23 heavy (non-hydrogen) atoms. The third-order valence-electron chi connectivity index (χ3n) is 5.10. The van der Waals surface area contributed by atoms with Crippen molar-refractivity contribution in [3.8, 4) is 0 Å². The smallest absolute Gasteiger partial charge is 0.228 e. The molecular weight excluding hydrogens is 284 g/mol. The van der Waals surface area contributed by atoms with E-state index >= 15 is 0 Å². The van der Waals surface area contributed by atoms with Gasteiger partial charge in [-0.2, -0.15) is 0 Å². The fraction of sp³-hybridized carbons (Fsp3) is 0.350. The number of fused-ring (bicyclic) bond motifs is 1. The van der Waals surface area contributed by atoms with Crippen molar-refractivity contribution in [2.75, 3.05) is 19.6 Å². The van der Waals surface area contributed by atoms with E-state index in [9.17, 15) is 4.79 Å². The second-order valence-electron chi connectivity index (χ2n) is 6.54. The third-order valence-corrected chi connectivity index (χ3v) is 5.10. The molecule has 0 saturated carbocycles. The van der Waals surface area contributed by atoms with Crippen molar-refractivity contribution in [3.63, 3.8) is 0 Å². The van der Waals surface area contributed by atoms with E-state index in [4.69, 9.17) is 0 Å². The van der Waals surface area contributed by atoms with Crippen molar-refractivity contribution >= 4 is 5.91 Å². The summed E-state index contributed by atoms with van der Waals surface area (Å²) in [7, 11) is 0. The Morgan fingerprint density at radius 2 is 1.78 bits per heavy atom. The van der Waals surface area contributed by atoms with Crippen molar-refractivity contribution in [1.82, 2.24) is 10.2 Å². The molecule has 1 N–H and O–H groups in total. The number of hydrogen-bond donors (Lipinski definition) is 1. The van der Waals surface area contributed by atoms with E-state index in [1.165, 1.54) is 16.7 Å². The van der Waals surface area contributed by atoms with Gasteiger partial charge in [-0.05, 0) is 29.5 Å². The molecule has 118 valence electrons. The lowest BCUT2D eigenvalue weighted by Crippen LogP contribution is -2.54. The van der Waals surface area contributed by atoms with Crippen molar-refractivity contribution in [2.45, 2.75) is 18.9 Å². The van der Waals surface area contributed by atoms with E-state index < -0.39 is 0 Å². The Kier molecular flexibility index (Phi) is 3.88. The van der Waals surface area contributed by atoms with E-state index in [-0.39, 0.29) is 12.0 Å². The second-order valence-corrected chi connectivity index (χ2v) is 6.54. The largest absolute Gasteiger partial charge is 0.335 e. The van der Waals surface area contributed by atoms with E-state index in [2.05, 4.69) is 58.7 Å². The van der Waals surface area contributed by atoms with Gasteiger partial charge in [-0.1, -0.05) is 54.6 Å². The molecule has 4 rings (SSSR count). The van der Waals surface area contributed by atoms with E-state index in [0.29, 0.717) is 5.91 Å². The monoisotopic (exact) mass is 306 g/mol. The lowest BCUT2D eigenvalue weighted by atomic mass is 9.87. The molecule has 2 aromatic rings. The summed E-state index contributed by atoms with van der Waals surface area (Å²) in [5, 5.41) is 3.22. The molecule has 0 aromatic heterocycles. The van der Waals surface area contributed by atoms with Crippen LogP contribution in [0.25, 0.3) is 0 Å². The molecule has 1 saturated heterocycles. The number of amides is 1. The Labute approximate surface area is 137 Å². The average molecular weight is 306 g/mol. The molecular formula is C20H22N2O. The first-order valence-corrected chi connectivity index (χ1v) is 8.46. The summed E-state index contributed by atoms with van der Waals surface area (Å²) >= 11 is 0. The first kappa shape index (κ1) is 14.5. The molecule has 1 atom stereocenters. The van der Waals surface area contributed by atoms with Crippen molar-refractivity contribution in [3.05, 3.63) is 71.3 Å². The predicted molar refractivity (Wildman–Crippen MR) is 91.1 cm³/mol. The summed E-state index contributed by atoms with van der Waals surface area (Å²) in [6.45, 7) is 2.49. The van der Waals surface area contributed by atoms with Gasteiger partial charge in [0.2, 0.25) is 5.91 Å². The average Bonchev–Trinajstić information content (AvgIpc) is 2.54. The van der Waals surface area contributed by atoms with Crippen LogP contribution in [-0.2, 0) is 17.6 Å². The Hall–Kier alpha value is -2.13. The molecule has 1 fully saturated rings. The van der Waals surface area contributed by atoms with Crippen LogP contribution in [0.5, 0.6) is 0 Å². The summed E-state index contributed by atoms with van der Waals surface area (Å²) in [5.74, 6) is 0.484. The van der Waals surface area contributed by atoms with Gasteiger partial charge < -0.3 is 10.2 Å². The molecule has 2 heterocycles. The molecule has 0 spiro atoms. The molecule has 2 aliphatic rings. The van der Waals surface area contributed by atoms with Crippen molar-refractivity contribution < 1.29 is 4.79 Å². The van der Waals surface area contributed by atoms with Gasteiger partial charge in [0.25, 0.3) is 0 Å². The second kappa shape index (κ2) is 6.17. The fourth-order valence-electron chi connectivity index (χ4n) is 3.67. The minimum Gasteiger partial charge on any atom is -0.335 e.